The summed E-state index contributed by atoms with van der Waals surface area (Å²) in [6, 6.07) is 16.7. The summed E-state index contributed by atoms with van der Waals surface area (Å²) in [5.74, 6) is 0.541. The molecule has 9 heteroatoms. The smallest absolute Gasteiger partial charge is 0.239 e. The molecule has 0 aliphatic heterocycles. The van der Waals surface area contributed by atoms with Crippen LogP contribution in [-0.2, 0) is 17.9 Å². The molecule has 1 heterocycles. The maximum atomic E-state index is 12.1. The van der Waals surface area contributed by atoms with Crippen molar-refractivity contribution in [1.29, 1.82) is 0 Å². The average molecular weight is 575 g/mol. The van der Waals surface area contributed by atoms with Crippen LogP contribution in [0.15, 0.2) is 66.2 Å². The van der Waals surface area contributed by atoms with Crippen LogP contribution in [0.1, 0.15) is 38.8 Å². The SMILES string of the molecule is CCNC(=NCc1ccccc1-c1ccc(Cn2cncn2)cc1)NCC(=O)NC(C)(C)C.I. The molecule has 34 heavy (non-hydrogen) atoms. The number of nitrogens with one attached hydrogen (secondary N) is 3. The Labute approximate surface area is 218 Å². The highest BCUT2D eigenvalue weighted by Crippen LogP contribution is 2.25. The molecule has 0 bridgehead atoms. The van der Waals surface area contributed by atoms with Crippen LogP contribution in [-0.4, -0.2) is 45.3 Å². The van der Waals surface area contributed by atoms with Crippen LogP contribution in [0.4, 0.5) is 0 Å². The lowest BCUT2D eigenvalue weighted by Gasteiger charge is -2.21. The highest BCUT2D eigenvalue weighted by atomic mass is 127. The summed E-state index contributed by atoms with van der Waals surface area (Å²) in [5.41, 5.74) is 4.27. The van der Waals surface area contributed by atoms with Gasteiger partial charge in [-0.05, 0) is 49.9 Å². The van der Waals surface area contributed by atoms with E-state index in [9.17, 15) is 4.79 Å². The molecule has 1 aromatic heterocycles. The molecule has 0 unspecified atom stereocenters. The van der Waals surface area contributed by atoms with Crippen LogP contribution in [0.2, 0.25) is 0 Å². The molecule has 0 aliphatic rings. The molecule has 0 spiro atoms. The van der Waals surface area contributed by atoms with Crippen molar-refractivity contribution in [2.75, 3.05) is 13.1 Å². The highest BCUT2D eigenvalue weighted by molar-refractivity contribution is 14.0. The highest BCUT2D eigenvalue weighted by Gasteiger charge is 2.13. The first-order chi connectivity index (χ1) is 15.8. The minimum atomic E-state index is -0.266. The van der Waals surface area contributed by atoms with Crippen molar-refractivity contribution >= 4 is 35.8 Å². The molecule has 3 aromatic rings. The van der Waals surface area contributed by atoms with Crippen LogP contribution in [0.3, 0.4) is 0 Å². The fraction of sp³-hybridized carbons (Fsp3) is 0.360. The third kappa shape index (κ3) is 8.77. The summed E-state index contributed by atoms with van der Waals surface area (Å²) < 4.78 is 1.80. The average Bonchev–Trinajstić information content (AvgIpc) is 3.28. The summed E-state index contributed by atoms with van der Waals surface area (Å²) >= 11 is 0. The molecular formula is C25H34IN7O. The summed E-state index contributed by atoms with van der Waals surface area (Å²) in [4.78, 5) is 20.8. The van der Waals surface area contributed by atoms with E-state index >= 15 is 0 Å². The molecule has 0 saturated carbocycles. The van der Waals surface area contributed by atoms with Gasteiger partial charge < -0.3 is 16.0 Å². The summed E-state index contributed by atoms with van der Waals surface area (Å²) in [6.45, 7) is 9.94. The predicted octanol–water partition coefficient (Wildman–Crippen LogP) is 3.58. The van der Waals surface area contributed by atoms with Gasteiger partial charge in [0.15, 0.2) is 5.96 Å². The molecule has 0 radical (unpaired) electrons. The van der Waals surface area contributed by atoms with Gasteiger partial charge in [-0.2, -0.15) is 5.10 Å². The Kier molecular flexibility index (Phi) is 10.5. The van der Waals surface area contributed by atoms with Crippen molar-refractivity contribution in [2.45, 2.75) is 46.3 Å². The number of rotatable bonds is 8. The third-order valence-corrected chi connectivity index (χ3v) is 4.78. The van der Waals surface area contributed by atoms with Gasteiger partial charge in [0.2, 0.25) is 5.91 Å². The number of aliphatic imine (C=N–C) groups is 1. The first-order valence-corrected chi connectivity index (χ1v) is 11.2. The van der Waals surface area contributed by atoms with Gasteiger partial charge in [0, 0.05) is 12.1 Å². The van der Waals surface area contributed by atoms with Crippen LogP contribution >= 0.6 is 24.0 Å². The summed E-state index contributed by atoms with van der Waals surface area (Å²) in [6.07, 6.45) is 3.25. The molecular weight excluding hydrogens is 541 g/mol. The van der Waals surface area contributed by atoms with Crippen molar-refractivity contribution in [3.63, 3.8) is 0 Å². The van der Waals surface area contributed by atoms with Crippen molar-refractivity contribution in [3.8, 4) is 11.1 Å². The van der Waals surface area contributed by atoms with E-state index in [1.54, 1.807) is 17.3 Å². The molecule has 0 aliphatic carbocycles. The van der Waals surface area contributed by atoms with Gasteiger partial charge >= 0.3 is 0 Å². The van der Waals surface area contributed by atoms with Gasteiger partial charge in [-0.25, -0.2) is 14.7 Å². The lowest BCUT2D eigenvalue weighted by molar-refractivity contribution is -0.121. The molecule has 0 saturated heterocycles. The number of halogens is 1. The number of guanidine groups is 1. The van der Waals surface area contributed by atoms with Gasteiger partial charge in [-0.3, -0.25) is 4.79 Å². The monoisotopic (exact) mass is 575 g/mol. The number of nitrogens with zero attached hydrogens (tertiary/aromatic N) is 4. The second-order valence-corrected chi connectivity index (χ2v) is 8.79. The Morgan fingerprint density at radius 1 is 1.06 bits per heavy atom. The maximum absolute atomic E-state index is 12.1. The molecule has 8 nitrogen and oxygen atoms in total. The number of hydrogen-bond donors (Lipinski definition) is 3. The second kappa shape index (κ2) is 13.1. The fourth-order valence-corrected chi connectivity index (χ4v) is 3.36. The largest absolute Gasteiger partial charge is 0.357 e. The lowest BCUT2D eigenvalue weighted by Crippen LogP contribution is -2.48. The van der Waals surface area contributed by atoms with E-state index in [-0.39, 0.29) is 42.0 Å². The number of aromatic nitrogens is 3. The first kappa shape index (κ1) is 27.3. The normalized spacial score (nSPS) is 11.5. The zero-order valence-corrected chi connectivity index (χ0v) is 22.5. The second-order valence-electron chi connectivity index (χ2n) is 8.79. The van der Waals surface area contributed by atoms with E-state index in [0.29, 0.717) is 25.6 Å². The zero-order valence-electron chi connectivity index (χ0n) is 20.2. The van der Waals surface area contributed by atoms with E-state index in [1.807, 2.05) is 39.8 Å². The standard InChI is InChI=1S/C25H33N7O.HI/c1-5-27-24(29-15-23(33)31-25(2,3)4)28-14-21-8-6-7-9-22(21)20-12-10-19(11-13-20)16-32-18-26-17-30-32;/h6-13,17-18H,5,14-16H2,1-4H3,(H,31,33)(H2,27,28,29);1H. The van der Waals surface area contributed by atoms with Crippen molar-refractivity contribution in [1.82, 2.24) is 30.7 Å². The van der Waals surface area contributed by atoms with E-state index in [0.717, 1.165) is 22.3 Å². The van der Waals surface area contributed by atoms with E-state index in [1.165, 1.54) is 0 Å². The quantitative estimate of drug-likeness (QED) is 0.217. The van der Waals surface area contributed by atoms with Gasteiger partial charge in [-0.1, -0.05) is 48.5 Å². The Morgan fingerprint density at radius 3 is 2.44 bits per heavy atom. The molecule has 3 N–H and O–H groups in total. The van der Waals surface area contributed by atoms with Crippen LogP contribution in [0.25, 0.3) is 11.1 Å². The lowest BCUT2D eigenvalue weighted by atomic mass is 9.98. The number of carbonyl (C=O) groups is 1. The number of carbonyl (C=O) groups excluding carboxylic acids is 1. The van der Waals surface area contributed by atoms with Crippen molar-refractivity contribution < 1.29 is 4.79 Å². The minimum absolute atomic E-state index is 0. The number of amides is 1. The van der Waals surface area contributed by atoms with Gasteiger partial charge in [-0.15, -0.1) is 24.0 Å². The van der Waals surface area contributed by atoms with Crippen LogP contribution in [0.5, 0.6) is 0 Å². The Morgan fingerprint density at radius 2 is 1.79 bits per heavy atom. The van der Waals surface area contributed by atoms with Gasteiger partial charge in [0.1, 0.15) is 12.7 Å². The minimum Gasteiger partial charge on any atom is -0.357 e. The van der Waals surface area contributed by atoms with Gasteiger partial charge in [0.25, 0.3) is 0 Å². The Balaban J connectivity index is 0.00000408. The van der Waals surface area contributed by atoms with Crippen molar-refractivity contribution in [2.24, 2.45) is 4.99 Å². The zero-order chi connectivity index (χ0) is 23.7. The summed E-state index contributed by atoms with van der Waals surface area (Å²) in [5, 5.41) is 13.4. The topological polar surface area (TPSA) is 96.2 Å². The van der Waals surface area contributed by atoms with E-state index in [4.69, 9.17) is 4.99 Å². The van der Waals surface area contributed by atoms with Crippen LogP contribution in [0, 0.1) is 0 Å². The number of hydrogen-bond acceptors (Lipinski definition) is 4. The predicted molar refractivity (Wildman–Crippen MR) is 147 cm³/mol. The molecule has 1 amide bonds. The summed E-state index contributed by atoms with van der Waals surface area (Å²) in [7, 11) is 0. The molecule has 0 fully saturated rings. The fourth-order valence-electron chi connectivity index (χ4n) is 3.36. The molecule has 0 atom stereocenters. The Hall–Kier alpha value is -2.95. The molecule has 182 valence electrons. The van der Waals surface area contributed by atoms with Gasteiger partial charge in [0.05, 0.1) is 19.6 Å². The third-order valence-electron chi connectivity index (χ3n) is 4.78. The molecule has 2 aromatic carbocycles. The maximum Gasteiger partial charge on any atom is 0.239 e. The van der Waals surface area contributed by atoms with E-state index < -0.39 is 0 Å². The number of benzene rings is 2. The van der Waals surface area contributed by atoms with Crippen molar-refractivity contribution in [3.05, 3.63) is 72.3 Å². The van der Waals surface area contributed by atoms with E-state index in [2.05, 4.69) is 62.4 Å². The first-order valence-electron chi connectivity index (χ1n) is 11.2. The Bertz CT molecular complexity index is 1060. The molecule has 3 rings (SSSR count). The van der Waals surface area contributed by atoms with Crippen LogP contribution < -0.4 is 16.0 Å².